The van der Waals surface area contributed by atoms with Gasteiger partial charge in [-0.15, -0.1) is 0 Å². The second-order valence-electron chi connectivity index (χ2n) is 10.7. The molecule has 3 aliphatic rings. The molecule has 1 aromatic heterocycles. The van der Waals surface area contributed by atoms with E-state index in [4.69, 9.17) is 26.0 Å². The Labute approximate surface area is 225 Å². The van der Waals surface area contributed by atoms with Gasteiger partial charge >= 0.3 is 6.01 Å². The average molecular weight is 513 g/mol. The van der Waals surface area contributed by atoms with Crippen LogP contribution in [0.25, 0.3) is 15.6 Å². The molecule has 1 unspecified atom stereocenters. The fourth-order valence-corrected chi connectivity index (χ4v) is 6.02. The lowest BCUT2D eigenvalue weighted by molar-refractivity contribution is -0.0120. The molecule has 38 heavy (non-hydrogen) atoms. The summed E-state index contributed by atoms with van der Waals surface area (Å²) in [5, 5.41) is 2.52. The third-order valence-corrected chi connectivity index (χ3v) is 8.22. The molecule has 2 saturated heterocycles. The number of hydrogen-bond donors (Lipinski definition) is 0. The number of anilines is 2. The molecule has 8 nitrogen and oxygen atoms in total. The predicted octanol–water partition coefficient (Wildman–Crippen LogP) is 4.04. The number of fused-ring (bicyclic) bond motifs is 2. The highest BCUT2D eigenvalue weighted by molar-refractivity contribution is 5.94. The van der Waals surface area contributed by atoms with Crippen molar-refractivity contribution in [3.63, 3.8) is 0 Å². The number of hydrogen-bond acceptors (Lipinski definition) is 7. The molecule has 0 aliphatic carbocycles. The van der Waals surface area contributed by atoms with E-state index in [1.165, 1.54) is 22.0 Å². The van der Waals surface area contributed by atoms with Crippen LogP contribution in [0.15, 0.2) is 42.5 Å². The van der Waals surface area contributed by atoms with E-state index in [-0.39, 0.29) is 6.04 Å². The van der Waals surface area contributed by atoms with E-state index < -0.39 is 0 Å². The molecule has 198 valence electrons. The number of morpholine rings is 1. The van der Waals surface area contributed by atoms with Crippen LogP contribution in [-0.4, -0.2) is 80.5 Å². The Morgan fingerprint density at radius 2 is 1.97 bits per heavy atom. The highest BCUT2D eigenvalue weighted by Gasteiger charge is 2.30. The molecule has 0 bridgehead atoms. The van der Waals surface area contributed by atoms with Gasteiger partial charge in [-0.1, -0.05) is 36.4 Å². The summed E-state index contributed by atoms with van der Waals surface area (Å²) in [5.74, 6) is 1.39. The van der Waals surface area contributed by atoms with Crippen LogP contribution >= 0.6 is 0 Å². The summed E-state index contributed by atoms with van der Waals surface area (Å²) < 4.78 is 11.9. The summed E-state index contributed by atoms with van der Waals surface area (Å²) in [6.07, 6.45) is 3.08. The highest BCUT2D eigenvalue weighted by atomic mass is 16.5. The molecule has 0 spiro atoms. The molecule has 0 saturated carbocycles. The van der Waals surface area contributed by atoms with Gasteiger partial charge in [0.05, 0.1) is 31.5 Å². The van der Waals surface area contributed by atoms with Crippen molar-refractivity contribution < 1.29 is 9.47 Å². The van der Waals surface area contributed by atoms with Gasteiger partial charge in [0, 0.05) is 48.7 Å². The van der Waals surface area contributed by atoms with E-state index in [9.17, 15) is 0 Å². The van der Waals surface area contributed by atoms with E-state index in [0.717, 1.165) is 70.1 Å². The molecule has 0 radical (unpaired) electrons. The van der Waals surface area contributed by atoms with Gasteiger partial charge in [0.1, 0.15) is 12.4 Å². The first-order valence-corrected chi connectivity index (χ1v) is 13.8. The minimum absolute atomic E-state index is 0.192. The second-order valence-corrected chi connectivity index (χ2v) is 10.7. The number of piperidine rings is 1. The van der Waals surface area contributed by atoms with Crippen LogP contribution in [0, 0.1) is 12.5 Å². The fraction of sp³-hybridized carbons (Fsp3) is 0.500. The van der Waals surface area contributed by atoms with E-state index in [2.05, 4.69) is 69.1 Å². The first kappa shape index (κ1) is 24.9. The van der Waals surface area contributed by atoms with E-state index >= 15 is 0 Å². The van der Waals surface area contributed by atoms with Crippen molar-refractivity contribution in [2.75, 3.05) is 69.4 Å². The van der Waals surface area contributed by atoms with Crippen LogP contribution in [0.4, 0.5) is 11.5 Å². The Morgan fingerprint density at radius 3 is 2.87 bits per heavy atom. The summed E-state index contributed by atoms with van der Waals surface area (Å²) in [4.78, 5) is 20.8. The fourth-order valence-electron chi connectivity index (χ4n) is 6.02. The number of benzene rings is 2. The lowest BCUT2D eigenvalue weighted by atomic mass is 9.96. The Bertz CT molecular complexity index is 1320. The summed E-state index contributed by atoms with van der Waals surface area (Å²) in [6.45, 7) is 14.2. The Kier molecular flexibility index (Phi) is 7.30. The quantitative estimate of drug-likeness (QED) is 0.462. The standard InChI is InChI=1S/C30H36N6O2/c1-31-17-22-7-6-13-36(18-22)29-26-12-14-35(28-11-5-9-23-8-3-4-10-25(23)28)19-27(26)32-30(33-29)38-21-24-20-37-16-15-34(24)2/h3-5,8-11,22,24H,6-7,12-21H2,2H3/t22?,24-/m0/s1. The van der Waals surface area contributed by atoms with Gasteiger partial charge < -0.3 is 24.1 Å². The van der Waals surface area contributed by atoms with Crippen LogP contribution in [0.5, 0.6) is 6.01 Å². The van der Waals surface area contributed by atoms with Crippen molar-refractivity contribution >= 4 is 22.3 Å². The van der Waals surface area contributed by atoms with E-state index in [1.54, 1.807) is 0 Å². The molecule has 3 aromatic rings. The van der Waals surface area contributed by atoms with Crippen molar-refractivity contribution in [3.05, 3.63) is 65.1 Å². The number of aromatic nitrogens is 2. The molecule has 4 heterocycles. The number of nitrogens with zero attached hydrogens (tertiary/aromatic N) is 6. The first-order valence-electron chi connectivity index (χ1n) is 13.8. The highest BCUT2D eigenvalue weighted by Crippen LogP contribution is 2.35. The monoisotopic (exact) mass is 512 g/mol. The summed E-state index contributed by atoms with van der Waals surface area (Å²) >= 11 is 0. The zero-order valence-electron chi connectivity index (χ0n) is 22.2. The van der Waals surface area contributed by atoms with Crippen LogP contribution in [-0.2, 0) is 17.7 Å². The van der Waals surface area contributed by atoms with Crippen molar-refractivity contribution in [1.29, 1.82) is 0 Å². The first-order chi connectivity index (χ1) is 18.7. The molecular formula is C30H36N6O2. The Morgan fingerprint density at radius 1 is 1.08 bits per heavy atom. The van der Waals surface area contributed by atoms with Gasteiger partial charge in [0.2, 0.25) is 6.54 Å². The molecule has 3 aliphatic heterocycles. The van der Waals surface area contributed by atoms with Gasteiger partial charge in [-0.3, -0.25) is 4.90 Å². The maximum atomic E-state index is 7.37. The van der Waals surface area contributed by atoms with Crippen LogP contribution < -0.4 is 14.5 Å². The molecule has 2 aromatic carbocycles. The minimum Gasteiger partial charge on any atom is -0.462 e. The second kappa shape index (κ2) is 11.1. The predicted molar refractivity (Wildman–Crippen MR) is 150 cm³/mol. The van der Waals surface area contributed by atoms with Gasteiger partial charge in [-0.25, -0.2) is 6.57 Å². The van der Waals surface area contributed by atoms with Crippen LogP contribution in [0.2, 0.25) is 0 Å². The molecule has 6 rings (SSSR count). The van der Waals surface area contributed by atoms with Crippen molar-refractivity contribution in [3.8, 4) is 6.01 Å². The normalized spacial score (nSPS) is 22.2. The largest absolute Gasteiger partial charge is 0.462 e. The third-order valence-electron chi connectivity index (χ3n) is 8.22. The number of rotatable bonds is 6. The van der Waals surface area contributed by atoms with Crippen molar-refractivity contribution in [2.45, 2.75) is 31.8 Å². The van der Waals surface area contributed by atoms with Crippen molar-refractivity contribution in [2.24, 2.45) is 5.92 Å². The Balaban J connectivity index is 1.31. The smallest absolute Gasteiger partial charge is 0.318 e. The average Bonchev–Trinajstić information content (AvgIpc) is 2.96. The van der Waals surface area contributed by atoms with Gasteiger partial charge in [0.25, 0.3) is 0 Å². The van der Waals surface area contributed by atoms with E-state index in [1.807, 2.05) is 0 Å². The number of likely N-dealkylation sites (N-methyl/N-ethyl adjacent to an activating group) is 1. The minimum atomic E-state index is 0.192. The zero-order valence-corrected chi connectivity index (χ0v) is 22.2. The maximum Gasteiger partial charge on any atom is 0.318 e. The number of ether oxygens (including phenoxy) is 2. The van der Waals surface area contributed by atoms with Gasteiger partial charge in [-0.05, 0) is 37.8 Å². The Hall–Kier alpha value is -3.41. The third kappa shape index (κ3) is 5.13. The van der Waals surface area contributed by atoms with Crippen LogP contribution in [0.3, 0.4) is 0 Å². The van der Waals surface area contributed by atoms with Crippen LogP contribution in [0.1, 0.15) is 24.1 Å². The van der Waals surface area contributed by atoms with Gasteiger partial charge in [0.15, 0.2) is 0 Å². The van der Waals surface area contributed by atoms with Gasteiger partial charge in [-0.2, -0.15) is 9.97 Å². The molecule has 0 N–H and O–H groups in total. The van der Waals surface area contributed by atoms with Crippen molar-refractivity contribution in [1.82, 2.24) is 14.9 Å². The maximum absolute atomic E-state index is 7.37. The zero-order chi connectivity index (χ0) is 25.9. The topological polar surface area (TPSA) is 58.3 Å². The summed E-state index contributed by atoms with van der Waals surface area (Å²) in [7, 11) is 2.11. The molecule has 8 heteroatoms. The summed E-state index contributed by atoms with van der Waals surface area (Å²) in [6, 6.07) is 15.7. The van der Waals surface area contributed by atoms with E-state index in [0.29, 0.717) is 31.7 Å². The lowest BCUT2D eigenvalue weighted by Gasteiger charge is -2.37. The molecular weight excluding hydrogens is 476 g/mol. The lowest BCUT2D eigenvalue weighted by Crippen LogP contribution is -2.46. The molecule has 0 amide bonds. The summed E-state index contributed by atoms with van der Waals surface area (Å²) in [5.41, 5.74) is 3.52. The molecule has 2 fully saturated rings. The SMILES string of the molecule is [C-]#[N+]CC1CCCN(c2nc(OC[C@@H]3COCCN3C)nc3c2CCN(c2cccc4ccccc24)C3)C1. The molecule has 2 atom stereocenters.